The number of carbonyl (C=O) groups is 2. The van der Waals surface area contributed by atoms with Crippen molar-refractivity contribution in [3.05, 3.63) is 29.6 Å². The molecule has 6 nitrogen and oxygen atoms in total. The minimum Gasteiger partial charge on any atom is -0.479 e. The van der Waals surface area contributed by atoms with Crippen molar-refractivity contribution in [3.63, 3.8) is 0 Å². The highest BCUT2D eigenvalue weighted by molar-refractivity contribution is 5.93. The summed E-state index contributed by atoms with van der Waals surface area (Å²) in [4.78, 5) is 29.1. The lowest BCUT2D eigenvalue weighted by Crippen LogP contribution is -2.44. The van der Waals surface area contributed by atoms with Gasteiger partial charge in [0.1, 0.15) is 5.69 Å². The molecule has 1 atom stereocenters. The zero-order valence-electron chi connectivity index (χ0n) is 10.9. The van der Waals surface area contributed by atoms with Crippen LogP contribution in [-0.4, -0.2) is 52.7 Å². The number of carboxylic acid groups (broad SMARTS) is 1. The van der Waals surface area contributed by atoms with Crippen molar-refractivity contribution < 1.29 is 19.4 Å². The van der Waals surface area contributed by atoms with Gasteiger partial charge in [-0.3, -0.25) is 4.79 Å². The van der Waals surface area contributed by atoms with Gasteiger partial charge in [0.15, 0.2) is 5.60 Å². The van der Waals surface area contributed by atoms with Crippen LogP contribution in [0.5, 0.6) is 0 Å². The molecule has 1 aliphatic heterocycles. The van der Waals surface area contributed by atoms with Crippen molar-refractivity contribution in [3.8, 4) is 0 Å². The Morgan fingerprint density at radius 1 is 1.47 bits per heavy atom. The highest BCUT2D eigenvalue weighted by atomic mass is 16.5. The number of amides is 1. The molecule has 1 amide bonds. The lowest BCUT2D eigenvalue weighted by Gasteiger charge is -2.22. The average molecular weight is 264 g/mol. The Hall–Kier alpha value is -1.95. The highest BCUT2D eigenvalue weighted by Crippen LogP contribution is 2.26. The predicted molar refractivity (Wildman–Crippen MR) is 66.9 cm³/mol. The molecule has 1 saturated heterocycles. The predicted octanol–water partition coefficient (Wildman–Crippen LogP) is 0.706. The maximum atomic E-state index is 12.2. The highest BCUT2D eigenvalue weighted by Gasteiger charge is 2.47. The molecule has 6 heteroatoms. The summed E-state index contributed by atoms with van der Waals surface area (Å²) in [6, 6.07) is 5.19. The fraction of sp³-hybridized carbons (Fsp3) is 0.462. The van der Waals surface area contributed by atoms with Crippen molar-refractivity contribution in [2.24, 2.45) is 0 Å². The van der Waals surface area contributed by atoms with Crippen molar-refractivity contribution in [2.45, 2.75) is 18.9 Å². The number of rotatable bonds is 3. The first-order valence-electron chi connectivity index (χ1n) is 6.00. The van der Waals surface area contributed by atoms with Gasteiger partial charge in [0, 0.05) is 25.8 Å². The quantitative estimate of drug-likeness (QED) is 0.869. The number of carbonyl (C=O) groups excluding carboxylic acids is 1. The van der Waals surface area contributed by atoms with Crippen LogP contribution in [0.4, 0.5) is 0 Å². The summed E-state index contributed by atoms with van der Waals surface area (Å²) in [6.45, 7) is 2.21. The molecule has 1 aliphatic rings. The third-order valence-electron chi connectivity index (χ3n) is 3.41. The lowest BCUT2D eigenvalue weighted by atomic mass is 10.0. The number of aliphatic carboxylic acids is 1. The van der Waals surface area contributed by atoms with E-state index in [1.165, 1.54) is 12.0 Å². The van der Waals surface area contributed by atoms with Gasteiger partial charge in [0.05, 0.1) is 6.54 Å². The molecule has 1 unspecified atom stereocenters. The maximum Gasteiger partial charge on any atom is 0.337 e. The normalized spacial score (nSPS) is 22.5. The zero-order chi connectivity index (χ0) is 14.0. The molecule has 0 aliphatic carbocycles. The van der Waals surface area contributed by atoms with E-state index < -0.39 is 11.6 Å². The summed E-state index contributed by atoms with van der Waals surface area (Å²) in [7, 11) is 1.35. The van der Waals surface area contributed by atoms with Crippen LogP contribution in [0.15, 0.2) is 18.2 Å². The molecule has 0 spiro atoms. The third-order valence-corrected chi connectivity index (χ3v) is 3.41. The first-order valence-corrected chi connectivity index (χ1v) is 6.00. The number of aryl methyl sites for hydroxylation is 1. The largest absolute Gasteiger partial charge is 0.479 e. The number of nitrogens with zero attached hydrogens (tertiary/aromatic N) is 2. The van der Waals surface area contributed by atoms with Gasteiger partial charge in [-0.15, -0.1) is 0 Å². The molecule has 1 aromatic heterocycles. The molecular weight excluding hydrogens is 248 g/mol. The number of ether oxygens (including phenoxy) is 1. The van der Waals surface area contributed by atoms with Gasteiger partial charge in [-0.2, -0.15) is 0 Å². The van der Waals surface area contributed by atoms with Gasteiger partial charge < -0.3 is 14.7 Å². The standard InChI is InChI=1S/C13H16N2O4/c1-9-4-3-5-10(14-9)11(16)15-7-6-13(8-15,19-2)12(17)18/h3-5H,6-8H2,1-2H3,(H,17,18). The first kappa shape index (κ1) is 13.5. The van der Waals surface area contributed by atoms with Crippen LogP contribution in [0.3, 0.4) is 0 Å². The number of pyridine rings is 1. The molecule has 0 radical (unpaired) electrons. The molecule has 1 fully saturated rings. The van der Waals surface area contributed by atoms with Gasteiger partial charge in [0.25, 0.3) is 5.91 Å². The second-order valence-corrected chi connectivity index (χ2v) is 4.64. The second-order valence-electron chi connectivity index (χ2n) is 4.64. The lowest BCUT2D eigenvalue weighted by molar-refractivity contribution is -0.160. The zero-order valence-corrected chi connectivity index (χ0v) is 10.9. The Bertz CT molecular complexity index is 517. The van der Waals surface area contributed by atoms with E-state index in [0.717, 1.165) is 5.69 Å². The first-order chi connectivity index (χ1) is 8.98. The molecule has 0 aromatic carbocycles. The van der Waals surface area contributed by atoms with Gasteiger partial charge in [-0.05, 0) is 19.1 Å². The van der Waals surface area contributed by atoms with Gasteiger partial charge in [-0.25, -0.2) is 9.78 Å². The fourth-order valence-corrected chi connectivity index (χ4v) is 2.21. The molecule has 19 heavy (non-hydrogen) atoms. The van der Waals surface area contributed by atoms with E-state index >= 15 is 0 Å². The molecule has 0 bridgehead atoms. The summed E-state index contributed by atoms with van der Waals surface area (Å²) in [6.07, 6.45) is 0.288. The van der Waals surface area contributed by atoms with Crippen molar-refractivity contribution in [1.29, 1.82) is 0 Å². The number of methoxy groups -OCH3 is 1. The topological polar surface area (TPSA) is 79.7 Å². The second kappa shape index (κ2) is 4.97. The summed E-state index contributed by atoms with van der Waals surface area (Å²) in [5, 5.41) is 9.20. The van der Waals surface area contributed by atoms with Crippen LogP contribution in [0.2, 0.25) is 0 Å². The number of hydrogen-bond donors (Lipinski definition) is 1. The van der Waals surface area contributed by atoms with E-state index in [1.54, 1.807) is 25.1 Å². The van der Waals surface area contributed by atoms with Gasteiger partial charge in [0.2, 0.25) is 0 Å². The number of likely N-dealkylation sites (tertiary alicyclic amines) is 1. The Balaban J connectivity index is 2.17. The van der Waals surface area contributed by atoms with Crippen LogP contribution in [-0.2, 0) is 9.53 Å². The van der Waals surface area contributed by atoms with E-state index in [2.05, 4.69) is 4.98 Å². The van der Waals surface area contributed by atoms with Crippen LogP contribution in [0.1, 0.15) is 22.6 Å². The van der Waals surface area contributed by atoms with E-state index in [9.17, 15) is 14.7 Å². The average Bonchev–Trinajstić information content (AvgIpc) is 2.83. The monoisotopic (exact) mass is 264 g/mol. The third kappa shape index (κ3) is 2.44. The molecular formula is C13H16N2O4. The SMILES string of the molecule is COC1(C(=O)O)CCN(C(=O)c2cccc(C)n2)C1. The van der Waals surface area contributed by atoms with Gasteiger partial charge >= 0.3 is 5.97 Å². The number of hydrogen-bond acceptors (Lipinski definition) is 4. The Morgan fingerprint density at radius 3 is 2.74 bits per heavy atom. The summed E-state index contributed by atoms with van der Waals surface area (Å²) in [5.74, 6) is -1.30. The van der Waals surface area contributed by atoms with Crippen molar-refractivity contribution in [2.75, 3.05) is 20.2 Å². The summed E-state index contributed by atoms with van der Waals surface area (Å²) < 4.78 is 5.09. The minimum atomic E-state index is -1.29. The van der Waals surface area contributed by atoms with Crippen LogP contribution in [0.25, 0.3) is 0 Å². The Kier molecular flexibility index (Phi) is 3.53. The maximum absolute atomic E-state index is 12.2. The van der Waals surface area contributed by atoms with Crippen LogP contribution in [0, 0.1) is 6.92 Å². The van der Waals surface area contributed by atoms with Crippen LogP contribution < -0.4 is 0 Å². The number of aromatic nitrogens is 1. The smallest absolute Gasteiger partial charge is 0.337 e. The van der Waals surface area contributed by atoms with Crippen molar-refractivity contribution in [1.82, 2.24) is 9.88 Å². The minimum absolute atomic E-state index is 0.0489. The molecule has 2 rings (SSSR count). The van der Waals surface area contributed by atoms with E-state index in [4.69, 9.17) is 4.74 Å². The molecule has 1 N–H and O–H groups in total. The summed E-state index contributed by atoms with van der Waals surface area (Å²) in [5.41, 5.74) is -0.210. The Morgan fingerprint density at radius 2 is 2.21 bits per heavy atom. The Labute approximate surface area is 111 Å². The van der Waals surface area contributed by atoms with E-state index in [0.29, 0.717) is 12.2 Å². The van der Waals surface area contributed by atoms with E-state index in [-0.39, 0.29) is 18.9 Å². The molecule has 2 heterocycles. The number of carboxylic acids is 1. The van der Waals surface area contributed by atoms with E-state index in [1.807, 2.05) is 0 Å². The molecule has 102 valence electrons. The van der Waals surface area contributed by atoms with Crippen LogP contribution >= 0.6 is 0 Å². The summed E-state index contributed by atoms with van der Waals surface area (Å²) >= 11 is 0. The van der Waals surface area contributed by atoms with Gasteiger partial charge in [-0.1, -0.05) is 6.07 Å². The molecule has 1 aromatic rings. The van der Waals surface area contributed by atoms with Crippen molar-refractivity contribution >= 4 is 11.9 Å². The fourth-order valence-electron chi connectivity index (χ4n) is 2.21. The molecule has 0 saturated carbocycles.